The van der Waals surface area contributed by atoms with Crippen LogP contribution in [0, 0.1) is 0 Å². The Bertz CT molecular complexity index is 354. The molecule has 14 heavy (non-hydrogen) atoms. The van der Waals surface area contributed by atoms with Gasteiger partial charge in [-0.15, -0.1) is 11.8 Å². The van der Waals surface area contributed by atoms with Crippen molar-refractivity contribution >= 4 is 23.4 Å². The third kappa shape index (κ3) is 2.01. The molecule has 3 N–H and O–H groups in total. The zero-order chi connectivity index (χ0) is 9.97. The monoisotopic (exact) mass is 208 g/mol. The van der Waals surface area contributed by atoms with E-state index in [9.17, 15) is 4.79 Å². The number of fused-ring (bicyclic) bond motifs is 1. The largest absolute Gasteiger partial charge is 0.383 e. The highest BCUT2D eigenvalue weighted by atomic mass is 32.2. The predicted molar refractivity (Wildman–Crippen MR) is 58.4 cm³/mol. The summed E-state index contributed by atoms with van der Waals surface area (Å²) in [4.78, 5) is 12.0. The lowest BCUT2D eigenvalue weighted by Gasteiger charge is -2.24. The van der Waals surface area contributed by atoms with E-state index in [1.165, 1.54) is 4.90 Å². The summed E-state index contributed by atoms with van der Waals surface area (Å²) in [6.07, 6.45) is 0.437. The van der Waals surface area contributed by atoms with Gasteiger partial charge in [-0.3, -0.25) is 4.79 Å². The van der Waals surface area contributed by atoms with Crippen molar-refractivity contribution < 1.29 is 4.79 Å². The van der Waals surface area contributed by atoms with Crippen molar-refractivity contribution in [1.82, 2.24) is 0 Å². The number of primary amides is 1. The first-order valence-electron chi connectivity index (χ1n) is 4.53. The molecular weight excluding hydrogens is 196 g/mol. The fourth-order valence-electron chi connectivity index (χ4n) is 1.50. The lowest BCUT2D eigenvalue weighted by molar-refractivity contribution is -0.117. The van der Waals surface area contributed by atoms with E-state index < -0.39 is 0 Å². The molecule has 1 aliphatic rings. The fourth-order valence-corrected chi connectivity index (χ4v) is 2.70. The lowest BCUT2D eigenvalue weighted by Crippen LogP contribution is -2.26. The summed E-state index contributed by atoms with van der Waals surface area (Å²) in [5.41, 5.74) is 6.31. The van der Waals surface area contributed by atoms with Crippen molar-refractivity contribution in [3.05, 3.63) is 24.3 Å². The Kier molecular flexibility index (Phi) is 2.63. The number of para-hydroxylation sites is 1. The molecule has 0 saturated carbocycles. The molecule has 1 aliphatic heterocycles. The van der Waals surface area contributed by atoms with Gasteiger partial charge in [-0.1, -0.05) is 12.1 Å². The molecule has 1 aromatic rings. The zero-order valence-corrected chi connectivity index (χ0v) is 8.51. The Labute approximate surface area is 87.1 Å². The molecule has 0 aromatic heterocycles. The lowest BCUT2D eigenvalue weighted by atomic mass is 10.2. The van der Waals surface area contributed by atoms with E-state index in [0.29, 0.717) is 6.42 Å². The van der Waals surface area contributed by atoms with Crippen LogP contribution < -0.4 is 11.1 Å². The Morgan fingerprint density at radius 1 is 1.57 bits per heavy atom. The molecule has 0 saturated heterocycles. The second kappa shape index (κ2) is 3.92. The van der Waals surface area contributed by atoms with E-state index in [4.69, 9.17) is 5.73 Å². The minimum Gasteiger partial charge on any atom is -0.383 e. The summed E-state index contributed by atoms with van der Waals surface area (Å²) in [5, 5.41) is 3.56. The van der Waals surface area contributed by atoms with Gasteiger partial charge in [0.25, 0.3) is 0 Å². The van der Waals surface area contributed by atoms with E-state index in [1.807, 2.05) is 18.2 Å². The van der Waals surface area contributed by atoms with E-state index in [-0.39, 0.29) is 11.2 Å². The molecule has 0 bridgehead atoms. The minimum atomic E-state index is -0.233. The van der Waals surface area contributed by atoms with Crippen molar-refractivity contribution in [2.24, 2.45) is 5.73 Å². The molecule has 2 rings (SSSR count). The van der Waals surface area contributed by atoms with Crippen molar-refractivity contribution in [1.29, 1.82) is 0 Å². The van der Waals surface area contributed by atoms with Crippen molar-refractivity contribution in [2.75, 3.05) is 11.9 Å². The number of carbonyl (C=O) groups excluding carboxylic acids is 1. The van der Waals surface area contributed by atoms with Crippen LogP contribution in [0.15, 0.2) is 29.2 Å². The highest BCUT2D eigenvalue weighted by Crippen LogP contribution is 2.35. The van der Waals surface area contributed by atoms with Crippen molar-refractivity contribution in [2.45, 2.75) is 16.6 Å². The maximum absolute atomic E-state index is 10.8. The van der Waals surface area contributed by atoms with Gasteiger partial charge in [-0.05, 0) is 12.1 Å². The normalized spacial score (nSPS) is 19.6. The topological polar surface area (TPSA) is 55.1 Å². The number of benzene rings is 1. The van der Waals surface area contributed by atoms with Gasteiger partial charge in [0.2, 0.25) is 5.91 Å². The van der Waals surface area contributed by atoms with Gasteiger partial charge in [0.05, 0.1) is 0 Å². The number of rotatable bonds is 2. The Morgan fingerprint density at radius 2 is 2.36 bits per heavy atom. The molecule has 0 aliphatic carbocycles. The highest BCUT2D eigenvalue weighted by Gasteiger charge is 2.19. The molecule has 1 unspecified atom stereocenters. The molecule has 0 spiro atoms. The summed E-state index contributed by atoms with van der Waals surface area (Å²) in [6, 6.07) is 8.10. The third-order valence-corrected chi connectivity index (χ3v) is 3.41. The molecule has 1 heterocycles. The Hall–Kier alpha value is -1.16. The molecule has 1 aromatic carbocycles. The number of hydrogen-bond donors (Lipinski definition) is 2. The van der Waals surface area contributed by atoms with E-state index >= 15 is 0 Å². The molecule has 1 amide bonds. The number of amides is 1. The van der Waals surface area contributed by atoms with Crippen LogP contribution in [0.25, 0.3) is 0 Å². The van der Waals surface area contributed by atoms with Gasteiger partial charge in [0.1, 0.15) is 0 Å². The molecule has 3 nitrogen and oxygen atoms in total. The first-order chi connectivity index (χ1) is 6.75. The van der Waals surface area contributed by atoms with Crippen molar-refractivity contribution in [3.63, 3.8) is 0 Å². The van der Waals surface area contributed by atoms with Gasteiger partial charge in [-0.25, -0.2) is 0 Å². The second-order valence-electron chi connectivity index (χ2n) is 3.29. The van der Waals surface area contributed by atoms with E-state index in [2.05, 4.69) is 11.4 Å². The van der Waals surface area contributed by atoms with Crippen LogP contribution in [0.1, 0.15) is 6.42 Å². The minimum absolute atomic E-state index is 0.233. The molecule has 74 valence electrons. The summed E-state index contributed by atoms with van der Waals surface area (Å²) >= 11 is 1.72. The van der Waals surface area contributed by atoms with Crippen LogP contribution in [0.5, 0.6) is 0 Å². The van der Waals surface area contributed by atoms with Gasteiger partial charge in [0, 0.05) is 28.8 Å². The van der Waals surface area contributed by atoms with Crippen LogP contribution in [0.3, 0.4) is 0 Å². The van der Waals surface area contributed by atoms with Gasteiger partial charge in [-0.2, -0.15) is 0 Å². The molecule has 0 fully saturated rings. The Morgan fingerprint density at radius 3 is 3.14 bits per heavy atom. The van der Waals surface area contributed by atoms with Crippen molar-refractivity contribution in [3.8, 4) is 0 Å². The summed E-state index contributed by atoms with van der Waals surface area (Å²) < 4.78 is 0. The summed E-state index contributed by atoms with van der Waals surface area (Å²) in [6.45, 7) is 0.810. The van der Waals surface area contributed by atoms with E-state index in [0.717, 1.165) is 12.2 Å². The van der Waals surface area contributed by atoms with Crippen LogP contribution in [0.4, 0.5) is 5.69 Å². The molecule has 0 radical (unpaired) electrons. The first-order valence-corrected chi connectivity index (χ1v) is 5.41. The summed E-state index contributed by atoms with van der Waals surface area (Å²) in [5.74, 6) is -0.233. The average Bonchev–Trinajstić information content (AvgIpc) is 2.17. The number of nitrogens with two attached hydrogens (primary N) is 1. The van der Waals surface area contributed by atoms with Gasteiger partial charge < -0.3 is 11.1 Å². The first kappa shape index (κ1) is 9.40. The van der Waals surface area contributed by atoms with Crippen LogP contribution in [-0.2, 0) is 4.79 Å². The Balaban J connectivity index is 2.09. The molecule has 4 heteroatoms. The smallest absolute Gasteiger partial charge is 0.218 e. The number of carbonyl (C=O) groups is 1. The number of hydrogen-bond acceptors (Lipinski definition) is 3. The molecule has 1 atom stereocenters. The zero-order valence-electron chi connectivity index (χ0n) is 7.69. The van der Waals surface area contributed by atoms with Gasteiger partial charge >= 0.3 is 0 Å². The SMILES string of the molecule is NC(=O)CC1CNc2ccccc2S1. The predicted octanol–water partition coefficient (Wildman–Crippen LogP) is 1.45. The highest BCUT2D eigenvalue weighted by molar-refractivity contribution is 8.00. The fraction of sp³-hybridized carbons (Fsp3) is 0.300. The molecular formula is C10H12N2OS. The standard InChI is InChI=1S/C10H12N2OS/c11-10(13)5-7-6-12-8-3-1-2-4-9(8)14-7/h1-4,7,12H,5-6H2,(H2,11,13). The maximum Gasteiger partial charge on any atom is 0.218 e. The third-order valence-electron chi connectivity index (χ3n) is 2.13. The number of anilines is 1. The average molecular weight is 208 g/mol. The van der Waals surface area contributed by atoms with Crippen LogP contribution in [-0.4, -0.2) is 17.7 Å². The maximum atomic E-state index is 10.8. The second-order valence-corrected chi connectivity index (χ2v) is 4.63. The summed E-state index contributed by atoms with van der Waals surface area (Å²) in [7, 11) is 0. The quantitative estimate of drug-likeness (QED) is 0.773. The number of nitrogens with one attached hydrogen (secondary N) is 1. The van der Waals surface area contributed by atoms with E-state index in [1.54, 1.807) is 11.8 Å². The van der Waals surface area contributed by atoms with Crippen LogP contribution in [0.2, 0.25) is 0 Å². The van der Waals surface area contributed by atoms with Gasteiger partial charge in [0.15, 0.2) is 0 Å². The number of thioether (sulfide) groups is 1. The van der Waals surface area contributed by atoms with Crippen LogP contribution >= 0.6 is 11.8 Å².